The third-order valence-electron chi connectivity index (χ3n) is 4.06. The molecule has 0 bridgehead atoms. The van der Waals surface area contributed by atoms with Gasteiger partial charge in [-0.2, -0.15) is 0 Å². The molecule has 1 aromatic heterocycles. The molecule has 28 heavy (non-hydrogen) atoms. The van der Waals surface area contributed by atoms with E-state index in [4.69, 9.17) is 14.2 Å². The van der Waals surface area contributed by atoms with E-state index in [1.54, 1.807) is 24.3 Å². The zero-order valence-corrected chi connectivity index (χ0v) is 14.3. The molecule has 0 saturated carbocycles. The lowest BCUT2D eigenvalue weighted by Gasteiger charge is -2.20. The third-order valence-corrected chi connectivity index (χ3v) is 4.06. The lowest BCUT2D eigenvalue weighted by molar-refractivity contribution is -0.385. The summed E-state index contributed by atoms with van der Waals surface area (Å²) < 4.78 is 17.3. The minimum atomic E-state index is -0.574. The van der Waals surface area contributed by atoms with Gasteiger partial charge in [0.2, 0.25) is 0 Å². The van der Waals surface area contributed by atoms with Gasteiger partial charge >= 0.3 is 5.97 Å². The number of ether oxygens (including phenoxy) is 3. The second-order valence-corrected chi connectivity index (χ2v) is 5.84. The maximum absolute atomic E-state index is 12.3. The van der Waals surface area contributed by atoms with Crippen molar-refractivity contribution >= 4 is 11.7 Å². The Morgan fingerprint density at radius 1 is 1.29 bits per heavy atom. The summed E-state index contributed by atoms with van der Waals surface area (Å²) >= 11 is 0. The van der Waals surface area contributed by atoms with Gasteiger partial charge in [-0.3, -0.25) is 10.1 Å². The van der Waals surface area contributed by atoms with E-state index in [2.05, 4.69) is 15.5 Å². The van der Waals surface area contributed by atoms with Crippen molar-refractivity contribution in [3.8, 4) is 11.4 Å². The number of nitro benzene ring substituents is 1. The first-order valence-electron chi connectivity index (χ1n) is 8.13. The van der Waals surface area contributed by atoms with Crippen LogP contribution in [-0.4, -0.2) is 37.9 Å². The number of nitro groups is 1. The molecule has 0 radical (unpaired) electrons. The Labute approximate surface area is 157 Å². The number of benzene rings is 2. The minimum Gasteiger partial charge on any atom is -0.467 e. The van der Waals surface area contributed by atoms with Crippen molar-refractivity contribution < 1.29 is 23.9 Å². The molecule has 2 heterocycles. The average Bonchev–Trinajstić information content (AvgIpc) is 3.26. The van der Waals surface area contributed by atoms with Crippen LogP contribution in [0, 0.1) is 10.1 Å². The zero-order chi connectivity index (χ0) is 19.5. The van der Waals surface area contributed by atoms with Crippen LogP contribution in [0.15, 0.2) is 42.7 Å². The Hall–Kier alpha value is -3.86. The largest absolute Gasteiger partial charge is 0.467 e. The van der Waals surface area contributed by atoms with Crippen molar-refractivity contribution in [1.82, 2.24) is 20.2 Å². The number of non-ortho nitro benzene ring substituents is 1. The van der Waals surface area contributed by atoms with Gasteiger partial charge in [0.1, 0.15) is 18.7 Å². The Morgan fingerprint density at radius 2 is 2.11 bits per heavy atom. The third kappa shape index (κ3) is 3.50. The quantitative estimate of drug-likeness (QED) is 0.367. The highest BCUT2D eigenvalue weighted by molar-refractivity contribution is 5.89. The number of tetrazole rings is 1. The average molecular weight is 383 g/mol. The highest BCUT2D eigenvalue weighted by Crippen LogP contribution is 2.33. The van der Waals surface area contributed by atoms with E-state index in [-0.39, 0.29) is 25.7 Å². The number of hydrogen-bond acceptors (Lipinski definition) is 9. The fraction of sp³-hybridized carbons (Fsp3) is 0.176. The molecule has 2 aromatic carbocycles. The summed E-state index contributed by atoms with van der Waals surface area (Å²) in [6.45, 7) is 0.0541. The van der Waals surface area contributed by atoms with Gasteiger partial charge in [0.05, 0.1) is 22.8 Å². The molecule has 0 saturated heterocycles. The standard InChI is InChI=1S/C17H13N5O6/c23-17(11-1-3-14(4-2-11)21-9-18-19-20-21)27-8-13-6-15(22(24)25)5-12-7-26-10-28-16(12)13/h1-6,9H,7-8,10H2. The fourth-order valence-electron chi connectivity index (χ4n) is 2.75. The predicted molar refractivity (Wildman–Crippen MR) is 91.7 cm³/mol. The Balaban J connectivity index is 1.50. The normalized spacial score (nSPS) is 12.7. The van der Waals surface area contributed by atoms with E-state index in [9.17, 15) is 14.9 Å². The molecule has 0 unspecified atom stereocenters. The zero-order valence-electron chi connectivity index (χ0n) is 14.3. The molecule has 0 aliphatic carbocycles. The molecule has 0 atom stereocenters. The smallest absolute Gasteiger partial charge is 0.338 e. The number of carbonyl (C=O) groups is 1. The lowest BCUT2D eigenvalue weighted by atomic mass is 10.1. The van der Waals surface area contributed by atoms with Crippen molar-refractivity contribution in [2.45, 2.75) is 13.2 Å². The number of aromatic nitrogens is 4. The number of nitrogens with zero attached hydrogens (tertiary/aromatic N) is 5. The van der Waals surface area contributed by atoms with Crippen molar-refractivity contribution in [3.63, 3.8) is 0 Å². The number of fused-ring (bicyclic) bond motifs is 1. The first-order chi connectivity index (χ1) is 13.6. The maximum atomic E-state index is 12.3. The van der Waals surface area contributed by atoms with Crippen LogP contribution in [0.2, 0.25) is 0 Å². The van der Waals surface area contributed by atoms with Crippen LogP contribution in [-0.2, 0) is 22.7 Å². The van der Waals surface area contributed by atoms with Gasteiger partial charge in [0, 0.05) is 23.3 Å². The van der Waals surface area contributed by atoms with Gasteiger partial charge in [-0.25, -0.2) is 9.48 Å². The molecule has 0 spiro atoms. The van der Waals surface area contributed by atoms with Crippen LogP contribution in [0.1, 0.15) is 21.5 Å². The van der Waals surface area contributed by atoms with Crippen LogP contribution < -0.4 is 4.74 Å². The van der Waals surface area contributed by atoms with Crippen LogP contribution in [0.4, 0.5) is 5.69 Å². The molecule has 11 heteroatoms. The van der Waals surface area contributed by atoms with Crippen LogP contribution in [0.3, 0.4) is 0 Å². The topological polar surface area (TPSA) is 132 Å². The SMILES string of the molecule is O=C(OCc1cc([N+](=O)[O-])cc2c1OCOC2)c1ccc(-n2cnnn2)cc1. The second kappa shape index (κ2) is 7.40. The first kappa shape index (κ1) is 17.5. The predicted octanol–water partition coefficient (Wildman–Crippen LogP) is 1.79. The summed E-state index contributed by atoms with van der Waals surface area (Å²) in [5, 5.41) is 22.0. The van der Waals surface area contributed by atoms with Crippen molar-refractivity contribution in [1.29, 1.82) is 0 Å². The van der Waals surface area contributed by atoms with Gasteiger partial charge in [-0.15, -0.1) is 5.10 Å². The molecule has 4 rings (SSSR count). The number of hydrogen-bond donors (Lipinski definition) is 0. The molecule has 1 aliphatic rings. The summed E-state index contributed by atoms with van der Waals surface area (Å²) in [4.78, 5) is 22.9. The molecule has 11 nitrogen and oxygen atoms in total. The monoisotopic (exact) mass is 383 g/mol. The molecular weight excluding hydrogens is 370 g/mol. The molecule has 0 fully saturated rings. The Bertz CT molecular complexity index is 1020. The molecule has 0 amide bonds. The van der Waals surface area contributed by atoms with Gasteiger partial charge in [-0.05, 0) is 34.7 Å². The molecule has 142 valence electrons. The van der Waals surface area contributed by atoms with Gasteiger partial charge in [0.15, 0.2) is 6.79 Å². The van der Waals surface area contributed by atoms with E-state index >= 15 is 0 Å². The molecular formula is C17H13N5O6. The lowest BCUT2D eigenvalue weighted by Crippen LogP contribution is -2.15. The first-order valence-corrected chi connectivity index (χ1v) is 8.13. The summed E-state index contributed by atoms with van der Waals surface area (Å²) in [7, 11) is 0. The van der Waals surface area contributed by atoms with E-state index in [1.165, 1.54) is 23.1 Å². The number of rotatable bonds is 5. The van der Waals surface area contributed by atoms with Crippen molar-refractivity contribution in [2.75, 3.05) is 6.79 Å². The molecule has 1 aliphatic heterocycles. The van der Waals surface area contributed by atoms with E-state index in [0.717, 1.165) is 0 Å². The van der Waals surface area contributed by atoms with Crippen molar-refractivity contribution in [3.05, 3.63) is 69.5 Å². The second-order valence-electron chi connectivity index (χ2n) is 5.84. The summed E-state index contributed by atoms with van der Waals surface area (Å²) in [6.07, 6.45) is 1.43. The van der Waals surface area contributed by atoms with Crippen LogP contribution >= 0.6 is 0 Å². The van der Waals surface area contributed by atoms with Crippen LogP contribution in [0.25, 0.3) is 5.69 Å². The summed E-state index contributed by atoms with van der Waals surface area (Å²) in [5.74, 6) is -0.130. The Kier molecular flexibility index (Phi) is 4.64. The highest BCUT2D eigenvalue weighted by Gasteiger charge is 2.22. The van der Waals surface area contributed by atoms with Crippen LogP contribution in [0.5, 0.6) is 5.75 Å². The number of esters is 1. The van der Waals surface area contributed by atoms with E-state index < -0.39 is 10.9 Å². The van der Waals surface area contributed by atoms with Gasteiger partial charge in [-0.1, -0.05) is 0 Å². The van der Waals surface area contributed by atoms with Gasteiger partial charge < -0.3 is 14.2 Å². The minimum absolute atomic E-state index is 0.0321. The number of carbonyl (C=O) groups excluding carboxylic acids is 1. The highest BCUT2D eigenvalue weighted by atomic mass is 16.7. The Morgan fingerprint density at radius 3 is 2.82 bits per heavy atom. The van der Waals surface area contributed by atoms with Crippen molar-refractivity contribution in [2.24, 2.45) is 0 Å². The molecule has 3 aromatic rings. The van der Waals surface area contributed by atoms with E-state index in [1.807, 2.05) is 0 Å². The summed E-state index contributed by atoms with van der Waals surface area (Å²) in [6, 6.07) is 9.21. The maximum Gasteiger partial charge on any atom is 0.338 e. The van der Waals surface area contributed by atoms with Gasteiger partial charge in [0.25, 0.3) is 5.69 Å². The summed E-state index contributed by atoms with van der Waals surface area (Å²) in [5.41, 5.74) is 1.83. The van der Waals surface area contributed by atoms with E-state index in [0.29, 0.717) is 28.1 Å². The molecule has 0 N–H and O–H groups in total. The fourth-order valence-corrected chi connectivity index (χ4v) is 2.75.